The molecule has 0 bridgehead atoms. The summed E-state index contributed by atoms with van der Waals surface area (Å²) < 4.78 is 15.5. The lowest BCUT2D eigenvalue weighted by Crippen LogP contribution is -2.81. The molecule has 1 aliphatic heterocycles. The summed E-state index contributed by atoms with van der Waals surface area (Å²) in [6.07, 6.45) is 0. The van der Waals surface area contributed by atoms with E-state index in [1.165, 1.54) is 0 Å². The Balaban J connectivity index is 3.75. The van der Waals surface area contributed by atoms with Crippen molar-refractivity contribution in [3.8, 4) is 0 Å². The van der Waals surface area contributed by atoms with Crippen molar-refractivity contribution in [2.75, 3.05) is 0 Å². The third-order valence-corrected chi connectivity index (χ3v) is 167. The zero-order chi connectivity index (χ0) is 15.0. The highest BCUT2D eigenvalue weighted by Crippen LogP contribution is 2.54. The van der Waals surface area contributed by atoms with Crippen LogP contribution >= 0.6 is 0 Å². The van der Waals surface area contributed by atoms with Crippen LogP contribution in [0.5, 0.6) is 0 Å². The molecule has 1 aliphatic rings. The van der Waals surface area contributed by atoms with Crippen LogP contribution in [0.4, 0.5) is 4.11 Å². The van der Waals surface area contributed by atoms with Gasteiger partial charge < -0.3 is 4.11 Å². The average molecular weight is 353 g/mol. The van der Waals surface area contributed by atoms with Gasteiger partial charge in [-0.15, -0.1) is 0 Å². The highest BCUT2D eigenvalue weighted by molar-refractivity contribution is 8.20. The first-order valence-electron chi connectivity index (χ1n) is 7.19. The van der Waals surface area contributed by atoms with Gasteiger partial charge in [-0.1, -0.05) is 58.9 Å². The normalized spacial score (nSPS) is 31.3. The monoisotopic (exact) mass is 352 g/mol. The van der Waals surface area contributed by atoms with E-state index in [0.717, 1.165) is 0 Å². The predicted octanol–water partition coefficient (Wildman–Crippen LogP) is 4.56. The van der Waals surface area contributed by atoms with E-state index in [1.807, 2.05) is 0 Å². The van der Waals surface area contributed by atoms with E-state index < -0.39 is 43.0 Å². The van der Waals surface area contributed by atoms with Crippen LogP contribution in [-0.4, -0.2) is 43.0 Å². The van der Waals surface area contributed by atoms with Crippen molar-refractivity contribution in [3.05, 3.63) is 0 Å². The van der Waals surface area contributed by atoms with Crippen LogP contribution in [0.25, 0.3) is 0 Å². The molecule has 108 valence electrons. The van der Waals surface area contributed by atoms with E-state index in [0.29, 0.717) is 0 Å². The first-order valence-corrected chi connectivity index (χ1v) is 30.6. The Morgan fingerprint density at radius 3 is 0.889 bits per heavy atom. The minimum absolute atomic E-state index is 1.18. The summed E-state index contributed by atoms with van der Waals surface area (Å²) in [4.78, 5) is 0. The van der Waals surface area contributed by atoms with Gasteiger partial charge in [0.05, 0.1) is 6.63 Å². The summed E-state index contributed by atoms with van der Waals surface area (Å²) in [5, 5.41) is 0. The smallest absolute Gasteiger partial charge is 0.222 e. The van der Waals surface area contributed by atoms with Crippen molar-refractivity contribution in [2.45, 2.75) is 72.0 Å². The molecule has 7 heteroatoms. The highest BCUT2D eigenvalue weighted by Gasteiger charge is 2.81. The fraction of sp³-hybridized carbons (Fsp3) is 1.00. The highest BCUT2D eigenvalue weighted by atomic mass is 30.3. The van der Waals surface area contributed by atoms with Crippen molar-refractivity contribution >= 4 is 43.0 Å². The van der Waals surface area contributed by atoms with Crippen molar-refractivity contribution < 1.29 is 4.11 Å². The van der Waals surface area contributed by atoms with E-state index in [2.05, 4.69) is 72.0 Å². The molecule has 0 radical (unpaired) electrons. The maximum Gasteiger partial charge on any atom is 0.222 e. The molecule has 1 rings (SSSR count). The maximum absolute atomic E-state index is 15.5. The second-order valence-corrected chi connectivity index (χ2v) is 80.4. The van der Waals surface area contributed by atoms with Crippen molar-refractivity contribution in [2.24, 2.45) is 0 Å². The minimum atomic E-state index is -2.47. The van der Waals surface area contributed by atoms with Crippen LogP contribution in [0.1, 0.15) is 0 Å². The Bertz CT molecular complexity index is 340. The lowest BCUT2D eigenvalue weighted by Gasteiger charge is -2.51. The molecular formula is C11H33FSi6. The van der Waals surface area contributed by atoms with E-state index in [-0.39, 0.29) is 0 Å². The van der Waals surface area contributed by atoms with Gasteiger partial charge in [0, 0.05) is 28.4 Å². The van der Waals surface area contributed by atoms with Crippen molar-refractivity contribution in [1.29, 1.82) is 0 Å². The topological polar surface area (TPSA) is 0 Å². The Morgan fingerprint density at radius 2 is 0.778 bits per heavy atom. The SMILES string of the molecule is C[Si](C)(F)[Si]1(C)[Si](C)(C)[Si](C)(C)[Si](C)(C)[Si]1(C)C. The summed E-state index contributed by atoms with van der Waals surface area (Å²) in [6.45, 7) is 26.2. The van der Waals surface area contributed by atoms with E-state index in [9.17, 15) is 0 Å². The second-order valence-electron chi connectivity index (χ2n) is 9.10. The van der Waals surface area contributed by atoms with Gasteiger partial charge in [-0.25, -0.2) is 0 Å². The molecule has 0 aromatic heterocycles. The first-order chi connectivity index (χ1) is 7.50. The quantitative estimate of drug-likeness (QED) is 0.479. The third-order valence-electron chi connectivity index (χ3n) is 8.38. The fourth-order valence-corrected chi connectivity index (χ4v) is 275. The maximum atomic E-state index is 15.5. The Hall–Kier alpha value is 1.23. The molecule has 0 aromatic rings. The molecule has 0 spiro atoms. The molecule has 0 saturated carbocycles. The summed E-state index contributed by atoms with van der Waals surface area (Å²) in [5.41, 5.74) is 0. The van der Waals surface area contributed by atoms with Gasteiger partial charge in [0.2, 0.25) is 7.93 Å². The van der Waals surface area contributed by atoms with Gasteiger partial charge in [0.15, 0.2) is 0 Å². The number of rotatable bonds is 1. The van der Waals surface area contributed by atoms with E-state index in [4.69, 9.17) is 0 Å². The molecule has 0 N–H and O–H groups in total. The molecule has 0 aliphatic carbocycles. The fourth-order valence-electron chi connectivity index (χ4n) is 5.08. The summed E-state index contributed by atoms with van der Waals surface area (Å²) in [7, 11) is -7.50. The molecular weight excluding hydrogens is 320 g/mol. The number of halogens is 1. The number of hydrogen-bond donors (Lipinski definition) is 0. The first kappa shape index (κ1) is 17.3. The molecule has 1 fully saturated rings. The molecule has 0 nitrogen and oxygen atoms in total. The minimum Gasteiger partial charge on any atom is -0.319 e. The summed E-state index contributed by atoms with van der Waals surface area (Å²) >= 11 is 0. The van der Waals surface area contributed by atoms with E-state index >= 15 is 4.11 Å². The Kier molecular flexibility index (Phi) is 3.75. The van der Waals surface area contributed by atoms with Crippen LogP contribution in [0.15, 0.2) is 0 Å². The van der Waals surface area contributed by atoms with Gasteiger partial charge in [-0.3, -0.25) is 0 Å². The van der Waals surface area contributed by atoms with Crippen LogP contribution in [0.3, 0.4) is 0 Å². The second kappa shape index (κ2) is 3.91. The predicted molar refractivity (Wildman–Crippen MR) is 100 cm³/mol. The summed E-state index contributed by atoms with van der Waals surface area (Å²) in [6, 6.07) is 0. The molecule has 0 amide bonds. The molecule has 18 heavy (non-hydrogen) atoms. The lowest BCUT2D eigenvalue weighted by atomic mass is 11.9. The van der Waals surface area contributed by atoms with Gasteiger partial charge in [-0.2, -0.15) is 0 Å². The largest absolute Gasteiger partial charge is 0.319 e. The molecule has 0 unspecified atom stereocenters. The van der Waals surface area contributed by atoms with Crippen molar-refractivity contribution in [3.63, 3.8) is 0 Å². The van der Waals surface area contributed by atoms with Crippen LogP contribution < -0.4 is 0 Å². The van der Waals surface area contributed by atoms with E-state index in [1.54, 1.807) is 0 Å². The molecule has 1 heterocycles. The standard InChI is InChI=1S/C11H33FSi6/c1-13(2,12)18(11)16(7,8)14(3,4)15(5,6)17(18,9)10/h1-11H3. The molecule has 0 aromatic carbocycles. The summed E-state index contributed by atoms with van der Waals surface area (Å²) in [5.74, 6) is 0. The van der Waals surface area contributed by atoms with Gasteiger partial charge in [0.1, 0.15) is 0 Å². The van der Waals surface area contributed by atoms with Gasteiger partial charge >= 0.3 is 0 Å². The van der Waals surface area contributed by atoms with Gasteiger partial charge in [0.25, 0.3) is 0 Å². The van der Waals surface area contributed by atoms with Crippen LogP contribution in [0.2, 0.25) is 72.0 Å². The third kappa shape index (κ3) is 1.49. The Labute approximate surface area is 119 Å². The zero-order valence-electron chi connectivity index (χ0n) is 14.4. The number of hydrogen-bond acceptors (Lipinski definition) is 0. The Morgan fingerprint density at radius 1 is 0.556 bits per heavy atom. The van der Waals surface area contributed by atoms with Crippen LogP contribution in [0, 0.1) is 0 Å². The van der Waals surface area contributed by atoms with Crippen molar-refractivity contribution in [1.82, 2.24) is 0 Å². The zero-order valence-corrected chi connectivity index (χ0v) is 20.4. The average Bonchev–Trinajstić information content (AvgIpc) is 2.16. The molecule has 0 atom stereocenters. The van der Waals surface area contributed by atoms with Crippen LogP contribution in [-0.2, 0) is 0 Å². The van der Waals surface area contributed by atoms with Gasteiger partial charge in [-0.05, 0) is 13.1 Å². The lowest BCUT2D eigenvalue weighted by molar-refractivity contribution is 0.830. The molecule has 1 saturated heterocycles.